The van der Waals surface area contributed by atoms with Gasteiger partial charge in [0.2, 0.25) is 0 Å². The number of fused-ring (bicyclic) bond motifs is 4. The van der Waals surface area contributed by atoms with E-state index in [4.69, 9.17) is 4.74 Å². The summed E-state index contributed by atoms with van der Waals surface area (Å²) >= 11 is 0. The van der Waals surface area contributed by atoms with Gasteiger partial charge in [-0.1, -0.05) is 24.3 Å². The van der Waals surface area contributed by atoms with E-state index in [0.717, 1.165) is 42.4 Å². The normalized spacial score (nSPS) is 25.8. The van der Waals surface area contributed by atoms with Crippen LogP contribution in [0.15, 0.2) is 73.4 Å². The van der Waals surface area contributed by atoms with Crippen molar-refractivity contribution >= 4 is 16.9 Å². The third-order valence-electron chi connectivity index (χ3n) is 6.81. The number of benzene rings is 2. The van der Waals surface area contributed by atoms with E-state index in [0.29, 0.717) is 17.4 Å². The average molecular weight is 415 g/mol. The van der Waals surface area contributed by atoms with E-state index in [-0.39, 0.29) is 17.8 Å². The molecule has 31 heavy (non-hydrogen) atoms. The maximum absolute atomic E-state index is 13.1. The molecule has 6 rings (SSSR count). The maximum Gasteiger partial charge on any atom is 0.338 e. The number of phenols is 1. The molecule has 5 heteroatoms. The zero-order valence-corrected chi connectivity index (χ0v) is 17.4. The van der Waals surface area contributed by atoms with Gasteiger partial charge in [-0.05, 0) is 67.6 Å². The van der Waals surface area contributed by atoms with Crippen molar-refractivity contribution in [2.75, 3.05) is 13.1 Å². The Morgan fingerprint density at radius 2 is 2.06 bits per heavy atom. The third-order valence-corrected chi connectivity index (χ3v) is 6.81. The Bertz CT molecular complexity index is 1110. The molecule has 0 radical (unpaired) electrons. The van der Waals surface area contributed by atoms with E-state index in [1.54, 1.807) is 36.5 Å². The van der Waals surface area contributed by atoms with Crippen LogP contribution in [0.1, 0.15) is 34.9 Å². The number of rotatable bonds is 5. The minimum atomic E-state index is -0.450. The van der Waals surface area contributed by atoms with Crippen molar-refractivity contribution in [2.45, 2.75) is 25.0 Å². The van der Waals surface area contributed by atoms with Crippen molar-refractivity contribution in [3.63, 3.8) is 0 Å². The molecule has 2 aromatic carbocycles. The highest BCUT2D eigenvalue weighted by atomic mass is 16.5. The van der Waals surface area contributed by atoms with Gasteiger partial charge in [-0.25, -0.2) is 4.79 Å². The number of pyridine rings is 1. The van der Waals surface area contributed by atoms with E-state index in [2.05, 4.69) is 22.5 Å². The molecular formula is C26H26N2O3. The minimum absolute atomic E-state index is 0.0792. The average Bonchev–Trinajstić information content (AvgIpc) is 2.83. The number of carbonyl (C=O) groups is 1. The van der Waals surface area contributed by atoms with Crippen LogP contribution in [-0.4, -0.2) is 40.1 Å². The van der Waals surface area contributed by atoms with Crippen molar-refractivity contribution in [1.29, 1.82) is 0 Å². The minimum Gasteiger partial charge on any atom is -0.508 e. The first kappa shape index (κ1) is 19.8. The molecule has 2 bridgehead atoms. The summed E-state index contributed by atoms with van der Waals surface area (Å²) in [5.74, 6) is 0.867. The molecular weight excluding hydrogens is 388 g/mol. The molecule has 0 amide bonds. The van der Waals surface area contributed by atoms with Crippen LogP contribution in [-0.2, 0) is 4.74 Å². The van der Waals surface area contributed by atoms with Crippen LogP contribution in [0.25, 0.3) is 10.9 Å². The Balaban J connectivity index is 1.56. The Labute approximate surface area is 182 Å². The second-order valence-corrected chi connectivity index (χ2v) is 8.54. The van der Waals surface area contributed by atoms with Crippen LogP contribution in [0.3, 0.4) is 0 Å². The highest BCUT2D eigenvalue weighted by molar-refractivity contribution is 5.90. The molecule has 1 N–H and O–H groups in total. The van der Waals surface area contributed by atoms with Crippen LogP contribution in [0.2, 0.25) is 0 Å². The lowest BCUT2D eigenvalue weighted by molar-refractivity contribution is -0.0568. The summed E-state index contributed by atoms with van der Waals surface area (Å²) in [4.78, 5) is 20.0. The first-order chi connectivity index (χ1) is 15.1. The summed E-state index contributed by atoms with van der Waals surface area (Å²) in [6, 6.07) is 16.2. The number of phenolic OH excluding ortho intramolecular Hbond substituents is 1. The van der Waals surface area contributed by atoms with Gasteiger partial charge < -0.3 is 9.84 Å². The van der Waals surface area contributed by atoms with Crippen LogP contribution in [0.4, 0.5) is 0 Å². The van der Waals surface area contributed by atoms with E-state index >= 15 is 0 Å². The highest BCUT2D eigenvalue weighted by Crippen LogP contribution is 2.43. The SMILES string of the molecule is C=CC1CN2CCC1CC2[C@@H](OC(=O)c1ccccc1)c1ccnc2ccc(O)cc12. The molecule has 3 fully saturated rings. The van der Waals surface area contributed by atoms with Crippen LogP contribution < -0.4 is 0 Å². The largest absolute Gasteiger partial charge is 0.508 e. The smallest absolute Gasteiger partial charge is 0.338 e. The van der Waals surface area contributed by atoms with E-state index in [9.17, 15) is 9.90 Å². The number of hydrogen-bond donors (Lipinski definition) is 1. The van der Waals surface area contributed by atoms with Crippen molar-refractivity contribution in [2.24, 2.45) is 11.8 Å². The van der Waals surface area contributed by atoms with E-state index in [1.165, 1.54) is 0 Å². The molecule has 5 nitrogen and oxygen atoms in total. The predicted molar refractivity (Wildman–Crippen MR) is 120 cm³/mol. The van der Waals surface area contributed by atoms with Gasteiger partial charge in [-0.3, -0.25) is 9.88 Å². The molecule has 3 aromatic rings. The van der Waals surface area contributed by atoms with Crippen molar-refractivity contribution in [3.05, 3.63) is 84.6 Å². The summed E-state index contributed by atoms with van der Waals surface area (Å²) in [5.41, 5.74) is 2.20. The van der Waals surface area contributed by atoms with Gasteiger partial charge in [0.05, 0.1) is 17.1 Å². The molecule has 3 aliphatic heterocycles. The molecule has 5 atom stereocenters. The summed E-state index contributed by atoms with van der Waals surface area (Å²) in [6.45, 7) is 5.95. The van der Waals surface area contributed by atoms with Gasteiger partial charge >= 0.3 is 5.97 Å². The molecule has 0 aliphatic carbocycles. The van der Waals surface area contributed by atoms with Gasteiger partial charge in [-0.15, -0.1) is 6.58 Å². The Morgan fingerprint density at radius 3 is 2.81 bits per heavy atom. The third kappa shape index (κ3) is 3.70. The second-order valence-electron chi connectivity index (χ2n) is 8.54. The summed E-state index contributed by atoms with van der Waals surface area (Å²) in [6.07, 6.45) is 5.46. The van der Waals surface area contributed by atoms with Crippen molar-refractivity contribution < 1.29 is 14.6 Å². The summed E-state index contributed by atoms with van der Waals surface area (Å²) < 4.78 is 6.22. The number of piperidine rings is 3. The molecule has 0 spiro atoms. The molecule has 158 valence electrons. The summed E-state index contributed by atoms with van der Waals surface area (Å²) in [7, 11) is 0. The van der Waals surface area contributed by atoms with Crippen LogP contribution >= 0.6 is 0 Å². The molecule has 4 heterocycles. The van der Waals surface area contributed by atoms with Gasteiger partial charge in [0, 0.05) is 23.7 Å². The highest BCUT2D eigenvalue weighted by Gasteiger charge is 2.44. The molecule has 1 aromatic heterocycles. The Hall–Kier alpha value is -3.18. The number of nitrogens with zero attached hydrogens (tertiary/aromatic N) is 2. The van der Waals surface area contributed by atoms with Gasteiger partial charge in [0.25, 0.3) is 0 Å². The van der Waals surface area contributed by atoms with E-state index in [1.807, 2.05) is 24.3 Å². The number of aromatic hydroxyl groups is 1. The number of esters is 1. The first-order valence-corrected chi connectivity index (χ1v) is 10.8. The van der Waals surface area contributed by atoms with Crippen molar-refractivity contribution in [1.82, 2.24) is 9.88 Å². The fourth-order valence-corrected chi connectivity index (χ4v) is 5.20. The predicted octanol–water partition coefficient (Wildman–Crippen LogP) is 4.73. The van der Waals surface area contributed by atoms with Crippen molar-refractivity contribution in [3.8, 4) is 5.75 Å². The Morgan fingerprint density at radius 1 is 1.23 bits per heavy atom. The zero-order valence-electron chi connectivity index (χ0n) is 17.4. The topological polar surface area (TPSA) is 62.7 Å². The monoisotopic (exact) mass is 414 g/mol. The number of carbonyl (C=O) groups excluding carboxylic acids is 1. The van der Waals surface area contributed by atoms with Gasteiger partial charge in [0.1, 0.15) is 11.9 Å². The van der Waals surface area contributed by atoms with E-state index < -0.39 is 6.10 Å². The lowest BCUT2D eigenvalue weighted by atomic mass is 9.73. The molecule has 4 unspecified atom stereocenters. The molecule has 0 saturated carbocycles. The number of hydrogen-bond acceptors (Lipinski definition) is 5. The van der Waals surface area contributed by atoms with Gasteiger partial charge in [0.15, 0.2) is 0 Å². The first-order valence-electron chi connectivity index (χ1n) is 10.8. The lowest BCUT2D eigenvalue weighted by Crippen LogP contribution is -2.55. The zero-order chi connectivity index (χ0) is 21.4. The Kier molecular flexibility index (Phi) is 5.20. The molecule has 3 saturated heterocycles. The maximum atomic E-state index is 13.1. The fourth-order valence-electron chi connectivity index (χ4n) is 5.20. The molecule has 3 aliphatic rings. The van der Waals surface area contributed by atoms with Crippen LogP contribution in [0, 0.1) is 11.8 Å². The van der Waals surface area contributed by atoms with Crippen LogP contribution in [0.5, 0.6) is 5.75 Å². The fraction of sp³-hybridized carbons (Fsp3) is 0.308. The quantitative estimate of drug-likeness (QED) is 0.483. The summed E-state index contributed by atoms with van der Waals surface area (Å²) in [5, 5.41) is 10.9. The number of aromatic nitrogens is 1. The standard InChI is InChI=1S/C26H26N2O3/c1-2-17-16-28-13-11-19(17)14-24(28)25(31-26(30)18-6-4-3-5-7-18)21-10-12-27-23-9-8-20(29)15-22(21)23/h2-10,12,15,17,19,24-25,29H,1,11,13-14,16H2/t17?,19?,24?,25-/m0/s1. The second kappa shape index (κ2) is 8.16. The van der Waals surface area contributed by atoms with Gasteiger partial charge in [-0.2, -0.15) is 0 Å². The lowest BCUT2D eigenvalue weighted by Gasteiger charge is -2.51. The number of ether oxygens (including phenoxy) is 1.